The third-order valence-corrected chi connectivity index (χ3v) is 3.87. The van der Waals surface area contributed by atoms with Crippen LogP contribution in [0.2, 0.25) is 0 Å². The highest BCUT2D eigenvalue weighted by Crippen LogP contribution is 2.33. The van der Waals surface area contributed by atoms with E-state index in [2.05, 4.69) is 23.0 Å². The highest BCUT2D eigenvalue weighted by Gasteiger charge is 2.36. The van der Waals surface area contributed by atoms with E-state index in [1.807, 2.05) is 0 Å². The van der Waals surface area contributed by atoms with Crippen LogP contribution in [0.15, 0.2) is 0 Å². The molecule has 0 unspecified atom stereocenters. The molecule has 0 saturated heterocycles. The van der Waals surface area contributed by atoms with Crippen molar-refractivity contribution in [1.82, 2.24) is 5.32 Å². The van der Waals surface area contributed by atoms with Crippen molar-refractivity contribution in [3.63, 3.8) is 0 Å². The van der Waals surface area contributed by atoms with E-state index >= 15 is 0 Å². The van der Waals surface area contributed by atoms with Gasteiger partial charge in [0.1, 0.15) is 12.1 Å². The Morgan fingerprint density at radius 1 is 1.43 bits per heavy atom. The molecule has 1 fully saturated rings. The average molecular weight is 306 g/mol. The van der Waals surface area contributed by atoms with Gasteiger partial charge in [0.15, 0.2) is 0 Å². The maximum absolute atomic E-state index is 11.9. The molecular weight excluding hydrogens is 285 g/mol. The average Bonchev–Trinajstić information content (AvgIpc) is 2.43. The van der Waals surface area contributed by atoms with Crippen LogP contribution < -0.4 is 5.32 Å². The first kappa shape index (κ1) is 17.8. The summed E-state index contributed by atoms with van der Waals surface area (Å²) in [4.78, 5) is 11.7. The monoisotopic (exact) mass is 306 g/mol. The molecule has 1 amide bonds. The van der Waals surface area contributed by atoms with E-state index < -0.39 is 24.2 Å². The van der Waals surface area contributed by atoms with Gasteiger partial charge in [-0.3, -0.25) is 4.79 Å². The fourth-order valence-corrected chi connectivity index (χ4v) is 2.53. The zero-order valence-corrected chi connectivity index (χ0v) is 12.1. The van der Waals surface area contributed by atoms with E-state index in [0.29, 0.717) is 18.8 Å². The van der Waals surface area contributed by atoms with Crippen molar-refractivity contribution >= 4 is 5.91 Å². The van der Waals surface area contributed by atoms with Gasteiger partial charge in [0.2, 0.25) is 5.91 Å². The lowest BCUT2D eigenvalue weighted by Crippen LogP contribution is -2.49. The van der Waals surface area contributed by atoms with Gasteiger partial charge in [-0.15, -0.1) is 0 Å². The van der Waals surface area contributed by atoms with Gasteiger partial charge >= 0.3 is 6.18 Å². The van der Waals surface area contributed by atoms with Crippen LogP contribution in [0.1, 0.15) is 45.4 Å². The van der Waals surface area contributed by atoms with Crippen LogP contribution in [-0.2, 0) is 9.53 Å². The Hall–Kier alpha value is -1.29. The summed E-state index contributed by atoms with van der Waals surface area (Å²) < 4.78 is 40.0. The van der Waals surface area contributed by atoms with Crippen molar-refractivity contribution < 1.29 is 22.7 Å². The minimum absolute atomic E-state index is 0.170. The van der Waals surface area contributed by atoms with Crippen LogP contribution >= 0.6 is 0 Å². The summed E-state index contributed by atoms with van der Waals surface area (Å²) in [6, 6.07) is 2.15. The predicted octanol–water partition coefficient (Wildman–Crippen LogP) is 2.93. The third-order valence-electron chi connectivity index (χ3n) is 3.87. The molecule has 0 aromatic carbocycles. The molecule has 0 aromatic heterocycles. The number of hydrogen-bond donors (Lipinski definition) is 1. The number of carbonyl (C=O) groups is 1. The minimum atomic E-state index is -4.39. The number of rotatable bonds is 6. The molecule has 0 radical (unpaired) electrons. The lowest BCUT2D eigenvalue weighted by Gasteiger charge is -2.35. The summed E-state index contributed by atoms with van der Waals surface area (Å²) in [5.74, 6) is 0.146. The lowest BCUT2D eigenvalue weighted by atomic mass is 9.76. The van der Waals surface area contributed by atoms with Crippen molar-refractivity contribution in [1.29, 1.82) is 5.26 Å². The summed E-state index contributed by atoms with van der Waals surface area (Å²) in [5.41, 5.74) is -0.868. The SMILES string of the molecule is CCC1CCC(C#N)(NC(=O)CCOCC(F)(F)F)CC1. The summed E-state index contributed by atoms with van der Waals surface area (Å²) in [7, 11) is 0. The quantitative estimate of drug-likeness (QED) is 0.767. The number of alkyl halides is 3. The van der Waals surface area contributed by atoms with E-state index in [1.165, 1.54) is 0 Å². The molecule has 1 aliphatic rings. The van der Waals surface area contributed by atoms with E-state index in [1.54, 1.807) is 0 Å². The largest absolute Gasteiger partial charge is 0.411 e. The van der Waals surface area contributed by atoms with Gasteiger partial charge in [0, 0.05) is 0 Å². The Labute approximate surface area is 122 Å². The molecule has 1 saturated carbocycles. The second-order valence-electron chi connectivity index (χ2n) is 5.51. The van der Waals surface area contributed by atoms with Gasteiger partial charge in [-0.25, -0.2) is 0 Å². The number of nitrogens with one attached hydrogen (secondary N) is 1. The molecule has 0 bridgehead atoms. The van der Waals surface area contributed by atoms with Gasteiger partial charge in [0.05, 0.1) is 19.1 Å². The Bertz CT molecular complexity index is 383. The molecule has 7 heteroatoms. The molecule has 0 spiro atoms. The summed E-state index contributed by atoms with van der Waals surface area (Å²) in [6.45, 7) is 0.437. The number of halogens is 3. The first-order chi connectivity index (χ1) is 9.80. The first-order valence-electron chi connectivity index (χ1n) is 7.17. The van der Waals surface area contributed by atoms with Crippen molar-refractivity contribution in [3.05, 3.63) is 0 Å². The fraction of sp³-hybridized carbons (Fsp3) is 0.857. The summed E-state index contributed by atoms with van der Waals surface area (Å²) >= 11 is 0. The number of nitriles is 1. The van der Waals surface area contributed by atoms with E-state index in [-0.39, 0.29) is 13.0 Å². The third kappa shape index (κ3) is 6.34. The Morgan fingerprint density at radius 3 is 2.52 bits per heavy atom. The molecular formula is C14H21F3N2O2. The molecule has 1 rings (SSSR count). The number of ether oxygens (including phenoxy) is 1. The van der Waals surface area contributed by atoms with E-state index in [4.69, 9.17) is 0 Å². The number of carbonyl (C=O) groups excluding carboxylic acids is 1. The molecule has 21 heavy (non-hydrogen) atoms. The number of hydrogen-bond acceptors (Lipinski definition) is 3. The van der Waals surface area contributed by atoms with Gasteiger partial charge in [0.25, 0.3) is 0 Å². The molecule has 1 N–H and O–H groups in total. The zero-order chi connectivity index (χ0) is 15.9. The summed E-state index contributed by atoms with van der Waals surface area (Å²) in [6.07, 6.45) is -0.543. The van der Waals surface area contributed by atoms with Crippen LogP contribution in [0.3, 0.4) is 0 Å². The Balaban J connectivity index is 2.34. The molecule has 0 heterocycles. The molecule has 0 atom stereocenters. The zero-order valence-electron chi connectivity index (χ0n) is 12.1. The predicted molar refractivity (Wildman–Crippen MR) is 70.2 cm³/mol. The van der Waals surface area contributed by atoms with Crippen LogP contribution in [0.25, 0.3) is 0 Å². The van der Waals surface area contributed by atoms with Gasteiger partial charge in [-0.05, 0) is 31.6 Å². The van der Waals surface area contributed by atoms with Gasteiger partial charge < -0.3 is 10.1 Å². The highest BCUT2D eigenvalue weighted by molar-refractivity contribution is 5.77. The van der Waals surface area contributed by atoms with Crippen LogP contribution in [0.4, 0.5) is 13.2 Å². The van der Waals surface area contributed by atoms with Crippen LogP contribution in [-0.4, -0.2) is 30.8 Å². The number of amides is 1. The second kappa shape index (κ2) is 7.64. The maximum Gasteiger partial charge on any atom is 0.411 e. The Morgan fingerprint density at radius 2 is 2.05 bits per heavy atom. The smallest absolute Gasteiger partial charge is 0.372 e. The van der Waals surface area contributed by atoms with E-state index in [0.717, 1.165) is 19.3 Å². The van der Waals surface area contributed by atoms with Crippen LogP contribution in [0, 0.1) is 17.2 Å². The van der Waals surface area contributed by atoms with Crippen LogP contribution in [0.5, 0.6) is 0 Å². The lowest BCUT2D eigenvalue weighted by molar-refractivity contribution is -0.174. The first-order valence-corrected chi connectivity index (χ1v) is 7.17. The summed E-state index contributed by atoms with van der Waals surface area (Å²) in [5, 5.41) is 11.9. The van der Waals surface area contributed by atoms with E-state index in [9.17, 15) is 23.2 Å². The van der Waals surface area contributed by atoms with Crippen molar-refractivity contribution in [2.75, 3.05) is 13.2 Å². The minimum Gasteiger partial charge on any atom is -0.372 e. The van der Waals surface area contributed by atoms with Gasteiger partial charge in [-0.2, -0.15) is 18.4 Å². The fourth-order valence-electron chi connectivity index (χ4n) is 2.53. The highest BCUT2D eigenvalue weighted by atomic mass is 19.4. The van der Waals surface area contributed by atoms with Crippen molar-refractivity contribution in [2.45, 2.75) is 57.2 Å². The number of nitrogens with zero attached hydrogens (tertiary/aromatic N) is 1. The Kier molecular flexibility index (Phi) is 6.46. The normalized spacial score (nSPS) is 26.1. The molecule has 0 aromatic rings. The maximum atomic E-state index is 11.9. The topological polar surface area (TPSA) is 62.1 Å². The van der Waals surface area contributed by atoms with Crippen molar-refractivity contribution in [2.24, 2.45) is 5.92 Å². The second-order valence-corrected chi connectivity index (χ2v) is 5.51. The standard InChI is InChI=1S/C14H21F3N2O2/c1-2-11-3-6-13(9-18,7-4-11)19-12(20)5-8-21-10-14(15,16)17/h11H,2-8,10H2,1H3,(H,19,20). The van der Waals surface area contributed by atoms with Crippen molar-refractivity contribution in [3.8, 4) is 6.07 Å². The molecule has 4 nitrogen and oxygen atoms in total. The van der Waals surface area contributed by atoms with Gasteiger partial charge in [-0.1, -0.05) is 13.3 Å². The molecule has 0 aliphatic heterocycles. The molecule has 1 aliphatic carbocycles. The molecule has 120 valence electrons.